The van der Waals surface area contributed by atoms with Crippen LogP contribution in [0.1, 0.15) is 23.9 Å². The molecule has 0 fully saturated rings. The predicted octanol–water partition coefficient (Wildman–Crippen LogP) is 2.84. The Hall–Kier alpha value is -1.97. The second kappa shape index (κ2) is 5.12. The van der Waals surface area contributed by atoms with Gasteiger partial charge >= 0.3 is 0 Å². The van der Waals surface area contributed by atoms with Gasteiger partial charge in [0, 0.05) is 24.6 Å². The molecule has 18 heavy (non-hydrogen) atoms. The minimum Gasteiger partial charge on any atom is -0.508 e. The number of imidazole rings is 1. The smallest absolute Gasteiger partial charge is 0.128 e. The molecule has 1 aromatic carbocycles. The minimum atomic E-state index is 0.341. The molecule has 0 radical (unpaired) electrons. The summed E-state index contributed by atoms with van der Waals surface area (Å²) >= 11 is 0. The molecule has 96 valence electrons. The van der Waals surface area contributed by atoms with Crippen LogP contribution in [0.15, 0.2) is 24.5 Å². The molecule has 2 rings (SSSR count). The van der Waals surface area contributed by atoms with E-state index in [0.717, 1.165) is 29.2 Å². The van der Waals surface area contributed by atoms with Gasteiger partial charge in [0.2, 0.25) is 0 Å². The van der Waals surface area contributed by atoms with Gasteiger partial charge in [-0.15, -0.1) is 0 Å². The number of nitrogens with one attached hydrogen (secondary N) is 1. The zero-order chi connectivity index (χ0) is 13.1. The highest BCUT2D eigenvalue weighted by molar-refractivity contribution is 5.56. The van der Waals surface area contributed by atoms with Crippen LogP contribution in [0.5, 0.6) is 5.75 Å². The number of nitrogens with zero attached hydrogens (tertiary/aromatic N) is 2. The van der Waals surface area contributed by atoms with Crippen LogP contribution in [-0.2, 0) is 13.1 Å². The molecule has 0 atom stereocenters. The fraction of sp³-hybridized carbons (Fsp3) is 0.357. The number of aryl methyl sites for hydroxylation is 3. The van der Waals surface area contributed by atoms with Gasteiger partial charge in [0.05, 0.1) is 6.54 Å². The Morgan fingerprint density at radius 3 is 2.78 bits per heavy atom. The third-order valence-electron chi connectivity index (χ3n) is 3.12. The summed E-state index contributed by atoms with van der Waals surface area (Å²) in [7, 11) is 0. The van der Waals surface area contributed by atoms with Crippen LogP contribution in [0, 0.1) is 13.8 Å². The van der Waals surface area contributed by atoms with Gasteiger partial charge in [0.1, 0.15) is 11.6 Å². The Morgan fingerprint density at radius 1 is 1.28 bits per heavy atom. The molecule has 0 saturated heterocycles. The Balaban J connectivity index is 2.13. The lowest BCUT2D eigenvalue weighted by molar-refractivity contribution is 0.471. The molecule has 0 amide bonds. The number of aromatic hydroxyl groups is 1. The fourth-order valence-electron chi connectivity index (χ4n) is 1.96. The maximum Gasteiger partial charge on any atom is 0.128 e. The van der Waals surface area contributed by atoms with Crippen LogP contribution in [0.25, 0.3) is 0 Å². The quantitative estimate of drug-likeness (QED) is 0.814. The normalized spacial score (nSPS) is 10.6. The van der Waals surface area contributed by atoms with Gasteiger partial charge in [0.25, 0.3) is 0 Å². The molecular formula is C14H19N3O. The summed E-state index contributed by atoms with van der Waals surface area (Å²) in [5, 5.41) is 13.0. The average molecular weight is 245 g/mol. The van der Waals surface area contributed by atoms with Gasteiger partial charge in [-0.25, -0.2) is 4.98 Å². The fourth-order valence-corrected chi connectivity index (χ4v) is 1.96. The van der Waals surface area contributed by atoms with Crippen molar-refractivity contribution in [2.45, 2.75) is 33.9 Å². The SMILES string of the molecule is CCn1ccnc1CNc1cc(C)c(O)cc1C. The first-order chi connectivity index (χ1) is 8.61. The number of phenols is 1. The highest BCUT2D eigenvalue weighted by Crippen LogP contribution is 2.25. The van der Waals surface area contributed by atoms with Gasteiger partial charge in [-0.2, -0.15) is 0 Å². The molecule has 4 nitrogen and oxygen atoms in total. The number of hydrogen-bond donors (Lipinski definition) is 2. The Kier molecular flexibility index (Phi) is 3.55. The molecule has 0 saturated carbocycles. The molecule has 0 aliphatic carbocycles. The number of aromatic nitrogens is 2. The van der Waals surface area contributed by atoms with Crippen LogP contribution in [0.3, 0.4) is 0 Å². The number of anilines is 1. The van der Waals surface area contributed by atoms with E-state index in [-0.39, 0.29) is 0 Å². The van der Waals surface area contributed by atoms with Crippen molar-refractivity contribution in [3.05, 3.63) is 41.5 Å². The lowest BCUT2D eigenvalue weighted by Crippen LogP contribution is -2.08. The maximum absolute atomic E-state index is 9.61. The number of hydrogen-bond acceptors (Lipinski definition) is 3. The molecule has 0 aliphatic heterocycles. The van der Waals surface area contributed by atoms with E-state index in [1.807, 2.05) is 32.3 Å². The molecule has 0 bridgehead atoms. The first-order valence-electron chi connectivity index (χ1n) is 6.16. The van der Waals surface area contributed by atoms with Crippen molar-refractivity contribution < 1.29 is 5.11 Å². The molecule has 0 aliphatic rings. The van der Waals surface area contributed by atoms with E-state index in [1.165, 1.54) is 0 Å². The van der Waals surface area contributed by atoms with Gasteiger partial charge in [-0.3, -0.25) is 0 Å². The van der Waals surface area contributed by atoms with Crippen molar-refractivity contribution in [1.82, 2.24) is 9.55 Å². The Morgan fingerprint density at radius 2 is 2.06 bits per heavy atom. The van der Waals surface area contributed by atoms with Crippen LogP contribution < -0.4 is 5.32 Å². The van der Waals surface area contributed by atoms with E-state index in [2.05, 4.69) is 21.8 Å². The van der Waals surface area contributed by atoms with Gasteiger partial charge in [0.15, 0.2) is 0 Å². The zero-order valence-corrected chi connectivity index (χ0v) is 11.1. The van der Waals surface area contributed by atoms with E-state index in [9.17, 15) is 5.11 Å². The van der Waals surface area contributed by atoms with E-state index >= 15 is 0 Å². The van der Waals surface area contributed by atoms with E-state index in [4.69, 9.17) is 0 Å². The summed E-state index contributed by atoms with van der Waals surface area (Å²) in [6.07, 6.45) is 3.79. The predicted molar refractivity (Wildman–Crippen MR) is 72.8 cm³/mol. The largest absolute Gasteiger partial charge is 0.508 e. The molecule has 0 unspecified atom stereocenters. The van der Waals surface area contributed by atoms with Crippen molar-refractivity contribution in [3.63, 3.8) is 0 Å². The number of phenolic OH excluding ortho intramolecular Hbond substituents is 1. The van der Waals surface area contributed by atoms with Crippen LogP contribution in [-0.4, -0.2) is 14.7 Å². The monoisotopic (exact) mass is 245 g/mol. The van der Waals surface area contributed by atoms with Crippen LogP contribution in [0.2, 0.25) is 0 Å². The summed E-state index contributed by atoms with van der Waals surface area (Å²) in [4.78, 5) is 4.32. The van der Waals surface area contributed by atoms with Crippen molar-refractivity contribution in [3.8, 4) is 5.75 Å². The first-order valence-corrected chi connectivity index (χ1v) is 6.16. The molecule has 4 heteroatoms. The lowest BCUT2D eigenvalue weighted by Gasteiger charge is -2.12. The standard InChI is InChI=1S/C14H19N3O/c1-4-17-6-5-15-14(17)9-16-12-7-11(3)13(18)8-10(12)2/h5-8,16,18H,4,9H2,1-3H3. The lowest BCUT2D eigenvalue weighted by atomic mass is 10.1. The van der Waals surface area contributed by atoms with Crippen LogP contribution in [0.4, 0.5) is 5.69 Å². The number of rotatable bonds is 4. The van der Waals surface area contributed by atoms with Crippen LogP contribution >= 0.6 is 0 Å². The van der Waals surface area contributed by atoms with Crippen molar-refractivity contribution in [1.29, 1.82) is 0 Å². The van der Waals surface area contributed by atoms with Gasteiger partial charge in [-0.1, -0.05) is 0 Å². The number of benzene rings is 1. The Bertz CT molecular complexity index is 546. The molecule has 2 N–H and O–H groups in total. The van der Waals surface area contributed by atoms with Crippen molar-refractivity contribution >= 4 is 5.69 Å². The van der Waals surface area contributed by atoms with Crippen molar-refractivity contribution in [2.75, 3.05) is 5.32 Å². The summed E-state index contributed by atoms with van der Waals surface area (Å²) in [6, 6.07) is 3.74. The molecule has 2 aromatic rings. The summed E-state index contributed by atoms with van der Waals surface area (Å²) in [5.41, 5.74) is 2.95. The first kappa shape index (κ1) is 12.5. The van der Waals surface area contributed by atoms with E-state index < -0.39 is 0 Å². The highest BCUT2D eigenvalue weighted by Gasteiger charge is 2.05. The third kappa shape index (κ3) is 2.47. The molecule has 1 heterocycles. The second-order valence-electron chi connectivity index (χ2n) is 4.44. The van der Waals surface area contributed by atoms with Gasteiger partial charge < -0.3 is 15.0 Å². The summed E-state index contributed by atoms with van der Waals surface area (Å²) < 4.78 is 2.11. The molecule has 0 spiro atoms. The molecule has 1 aromatic heterocycles. The average Bonchev–Trinajstić information content (AvgIpc) is 2.79. The summed E-state index contributed by atoms with van der Waals surface area (Å²) in [6.45, 7) is 7.58. The third-order valence-corrected chi connectivity index (χ3v) is 3.12. The van der Waals surface area contributed by atoms with Crippen molar-refractivity contribution in [2.24, 2.45) is 0 Å². The summed E-state index contributed by atoms with van der Waals surface area (Å²) in [5.74, 6) is 1.36. The second-order valence-corrected chi connectivity index (χ2v) is 4.44. The molecular weight excluding hydrogens is 226 g/mol. The minimum absolute atomic E-state index is 0.341. The van der Waals surface area contributed by atoms with E-state index in [0.29, 0.717) is 12.3 Å². The topological polar surface area (TPSA) is 50.1 Å². The highest BCUT2D eigenvalue weighted by atomic mass is 16.3. The maximum atomic E-state index is 9.61. The van der Waals surface area contributed by atoms with E-state index in [1.54, 1.807) is 6.07 Å². The zero-order valence-electron chi connectivity index (χ0n) is 11.1. The van der Waals surface area contributed by atoms with Gasteiger partial charge in [-0.05, 0) is 44.0 Å². The Labute approximate surface area is 107 Å².